The Kier molecular flexibility index (Phi) is 4.85. The van der Waals surface area contributed by atoms with Gasteiger partial charge in [0.25, 0.3) is 5.91 Å². The normalized spacial score (nSPS) is 10.3. The molecule has 0 bridgehead atoms. The van der Waals surface area contributed by atoms with E-state index < -0.39 is 11.7 Å². The number of nitrogens with one attached hydrogen (secondary N) is 1. The molecule has 0 aliphatic heterocycles. The van der Waals surface area contributed by atoms with Gasteiger partial charge in [-0.2, -0.15) is 0 Å². The number of anilines is 2. The van der Waals surface area contributed by atoms with Crippen LogP contribution >= 0.6 is 27.5 Å². The van der Waals surface area contributed by atoms with Crippen molar-refractivity contribution in [2.24, 2.45) is 0 Å². The standard InChI is InChI=1S/C15H13BrClFN2O/c1-20(2)14-4-3-11(17)8-13(14)19-15(21)9-5-10(16)7-12(18)6-9/h3-8H,1-2H3,(H,19,21). The zero-order valence-corrected chi connectivity index (χ0v) is 13.8. The molecule has 0 aliphatic carbocycles. The second-order valence-corrected chi connectivity index (χ2v) is 6.02. The summed E-state index contributed by atoms with van der Waals surface area (Å²) in [6.07, 6.45) is 0. The van der Waals surface area contributed by atoms with Crippen molar-refractivity contribution in [2.75, 3.05) is 24.3 Å². The van der Waals surface area contributed by atoms with E-state index in [1.165, 1.54) is 12.1 Å². The number of carbonyl (C=O) groups excluding carboxylic acids is 1. The van der Waals surface area contributed by atoms with Gasteiger partial charge in [-0.3, -0.25) is 4.79 Å². The third kappa shape index (κ3) is 3.95. The van der Waals surface area contributed by atoms with Crippen LogP contribution in [0.5, 0.6) is 0 Å². The Labute approximate surface area is 135 Å². The first-order valence-corrected chi connectivity index (χ1v) is 7.28. The molecule has 0 aromatic heterocycles. The number of nitrogens with zero attached hydrogens (tertiary/aromatic N) is 1. The Morgan fingerprint density at radius 3 is 2.57 bits per heavy atom. The predicted octanol–water partition coefficient (Wildman–Crippen LogP) is 4.56. The van der Waals surface area contributed by atoms with Crippen LogP contribution in [0.25, 0.3) is 0 Å². The molecule has 0 saturated heterocycles. The summed E-state index contributed by atoms with van der Waals surface area (Å²) < 4.78 is 13.9. The lowest BCUT2D eigenvalue weighted by Crippen LogP contribution is -2.17. The molecule has 0 spiro atoms. The molecule has 3 nitrogen and oxygen atoms in total. The van der Waals surface area contributed by atoms with Gasteiger partial charge in [-0.25, -0.2) is 4.39 Å². The maximum atomic E-state index is 13.4. The third-order valence-electron chi connectivity index (χ3n) is 2.81. The summed E-state index contributed by atoms with van der Waals surface area (Å²) in [6.45, 7) is 0. The minimum Gasteiger partial charge on any atom is -0.376 e. The van der Waals surface area contributed by atoms with Gasteiger partial charge in [0.2, 0.25) is 0 Å². The molecule has 2 rings (SSSR count). The van der Waals surface area contributed by atoms with Gasteiger partial charge in [0.05, 0.1) is 11.4 Å². The van der Waals surface area contributed by atoms with Crippen molar-refractivity contribution >= 4 is 44.8 Å². The van der Waals surface area contributed by atoms with Crippen LogP contribution < -0.4 is 10.2 Å². The van der Waals surface area contributed by atoms with E-state index in [0.717, 1.165) is 5.69 Å². The largest absolute Gasteiger partial charge is 0.376 e. The molecule has 21 heavy (non-hydrogen) atoms. The van der Waals surface area contributed by atoms with Crippen molar-refractivity contribution < 1.29 is 9.18 Å². The molecule has 2 aromatic carbocycles. The Balaban J connectivity index is 2.33. The zero-order valence-electron chi connectivity index (χ0n) is 11.5. The van der Waals surface area contributed by atoms with Gasteiger partial charge in [0.1, 0.15) is 5.82 Å². The number of hydrogen-bond acceptors (Lipinski definition) is 2. The summed E-state index contributed by atoms with van der Waals surface area (Å²) in [5.74, 6) is -0.881. The van der Waals surface area contributed by atoms with Crippen LogP contribution in [0.1, 0.15) is 10.4 Å². The van der Waals surface area contributed by atoms with Crippen LogP contribution in [0.15, 0.2) is 40.9 Å². The fourth-order valence-electron chi connectivity index (χ4n) is 1.88. The summed E-state index contributed by atoms with van der Waals surface area (Å²) in [5, 5.41) is 3.26. The number of halogens is 3. The molecular weight excluding hydrogens is 359 g/mol. The zero-order chi connectivity index (χ0) is 15.6. The Morgan fingerprint density at radius 1 is 1.24 bits per heavy atom. The van der Waals surface area contributed by atoms with E-state index in [1.54, 1.807) is 24.3 Å². The fourth-order valence-corrected chi connectivity index (χ4v) is 2.52. The highest BCUT2D eigenvalue weighted by Gasteiger charge is 2.12. The molecule has 1 N–H and O–H groups in total. The van der Waals surface area contributed by atoms with Crippen molar-refractivity contribution in [1.82, 2.24) is 0 Å². The summed E-state index contributed by atoms with van der Waals surface area (Å²) in [5.41, 5.74) is 1.60. The van der Waals surface area contributed by atoms with Gasteiger partial charge in [-0.05, 0) is 36.4 Å². The van der Waals surface area contributed by atoms with E-state index in [0.29, 0.717) is 15.2 Å². The maximum absolute atomic E-state index is 13.4. The van der Waals surface area contributed by atoms with Crippen LogP contribution in [-0.4, -0.2) is 20.0 Å². The minimum atomic E-state index is -0.478. The number of rotatable bonds is 3. The first-order valence-electron chi connectivity index (χ1n) is 6.11. The SMILES string of the molecule is CN(C)c1ccc(Cl)cc1NC(=O)c1cc(F)cc(Br)c1. The number of carbonyl (C=O) groups is 1. The van der Waals surface area contributed by atoms with Crippen molar-refractivity contribution in [1.29, 1.82) is 0 Å². The third-order valence-corrected chi connectivity index (χ3v) is 3.51. The second kappa shape index (κ2) is 6.45. The molecule has 0 atom stereocenters. The Morgan fingerprint density at radius 2 is 1.95 bits per heavy atom. The summed E-state index contributed by atoms with van der Waals surface area (Å²) in [7, 11) is 3.72. The average molecular weight is 372 g/mol. The maximum Gasteiger partial charge on any atom is 0.255 e. The van der Waals surface area contributed by atoms with Crippen molar-refractivity contribution in [3.63, 3.8) is 0 Å². The highest BCUT2D eigenvalue weighted by Crippen LogP contribution is 2.28. The fraction of sp³-hybridized carbons (Fsp3) is 0.133. The second-order valence-electron chi connectivity index (χ2n) is 4.67. The highest BCUT2D eigenvalue weighted by molar-refractivity contribution is 9.10. The van der Waals surface area contributed by atoms with Crippen LogP contribution in [0, 0.1) is 5.82 Å². The van der Waals surface area contributed by atoms with Gasteiger partial charge in [-0.1, -0.05) is 27.5 Å². The summed E-state index contributed by atoms with van der Waals surface area (Å²) in [4.78, 5) is 14.1. The molecule has 2 aromatic rings. The van der Waals surface area contributed by atoms with Crippen molar-refractivity contribution in [2.45, 2.75) is 0 Å². The molecule has 0 heterocycles. The minimum absolute atomic E-state index is 0.228. The Bertz CT molecular complexity index is 671. The lowest BCUT2D eigenvalue weighted by Gasteiger charge is -2.18. The highest BCUT2D eigenvalue weighted by atomic mass is 79.9. The number of amides is 1. The molecule has 6 heteroatoms. The van der Waals surface area contributed by atoms with Crippen LogP contribution in [0.2, 0.25) is 5.02 Å². The summed E-state index contributed by atoms with van der Waals surface area (Å²) in [6, 6.07) is 9.23. The molecule has 0 radical (unpaired) electrons. The quantitative estimate of drug-likeness (QED) is 0.858. The van der Waals surface area contributed by atoms with E-state index in [2.05, 4.69) is 21.2 Å². The van der Waals surface area contributed by atoms with Crippen molar-refractivity contribution in [3.05, 3.63) is 57.3 Å². The lowest BCUT2D eigenvalue weighted by molar-refractivity contribution is 0.102. The first kappa shape index (κ1) is 15.8. The van der Waals surface area contributed by atoms with E-state index in [4.69, 9.17) is 11.6 Å². The predicted molar refractivity (Wildman–Crippen MR) is 87.8 cm³/mol. The van der Waals surface area contributed by atoms with Crippen molar-refractivity contribution in [3.8, 4) is 0 Å². The van der Waals surface area contributed by atoms with Gasteiger partial charge < -0.3 is 10.2 Å². The number of hydrogen-bond donors (Lipinski definition) is 1. The molecule has 0 unspecified atom stereocenters. The molecule has 0 aliphatic rings. The average Bonchev–Trinajstić information content (AvgIpc) is 2.37. The van der Waals surface area contributed by atoms with E-state index in [1.807, 2.05) is 19.0 Å². The first-order chi connectivity index (χ1) is 9.86. The molecular formula is C15H13BrClFN2O. The van der Waals surface area contributed by atoms with E-state index in [-0.39, 0.29) is 5.56 Å². The lowest BCUT2D eigenvalue weighted by atomic mass is 10.2. The monoisotopic (exact) mass is 370 g/mol. The molecule has 0 fully saturated rings. The van der Waals surface area contributed by atoms with E-state index >= 15 is 0 Å². The topological polar surface area (TPSA) is 32.3 Å². The molecule has 1 amide bonds. The van der Waals surface area contributed by atoms with E-state index in [9.17, 15) is 9.18 Å². The van der Waals surface area contributed by atoms with Crippen LogP contribution in [-0.2, 0) is 0 Å². The number of benzene rings is 2. The van der Waals surface area contributed by atoms with Gasteiger partial charge in [-0.15, -0.1) is 0 Å². The van der Waals surface area contributed by atoms with Crippen LogP contribution in [0.3, 0.4) is 0 Å². The Hall–Kier alpha value is -1.59. The smallest absolute Gasteiger partial charge is 0.255 e. The molecule has 110 valence electrons. The summed E-state index contributed by atoms with van der Waals surface area (Å²) >= 11 is 9.13. The molecule has 0 saturated carbocycles. The van der Waals surface area contributed by atoms with Gasteiger partial charge in [0, 0.05) is 29.2 Å². The van der Waals surface area contributed by atoms with Gasteiger partial charge in [0.15, 0.2) is 0 Å². The van der Waals surface area contributed by atoms with Gasteiger partial charge >= 0.3 is 0 Å². The van der Waals surface area contributed by atoms with Crippen LogP contribution in [0.4, 0.5) is 15.8 Å².